The molecular formula is C11H16F3NO3. The first kappa shape index (κ1) is 13.5. The Morgan fingerprint density at radius 2 is 1.94 bits per heavy atom. The fourth-order valence-electron chi connectivity index (χ4n) is 2.34. The minimum absolute atomic E-state index is 0.173. The van der Waals surface area contributed by atoms with Gasteiger partial charge in [0.25, 0.3) is 0 Å². The fourth-order valence-corrected chi connectivity index (χ4v) is 2.34. The highest BCUT2D eigenvalue weighted by Crippen LogP contribution is 2.41. The van der Waals surface area contributed by atoms with E-state index in [1.54, 1.807) is 20.8 Å². The van der Waals surface area contributed by atoms with Crippen molar-refractivity contribution in [3.63, 3.8) is 0 Å². The molecule has 0 aromatic heterocycles. The van der Waals surface area contributed by atoms with E-state index in [-0.39, 0.29) is 13.0 Å². The van der Waals surface area contributed by atoms with Crippen LogP contribution in [0.3, 0.4) is 0 Å². The molecular weight excluding hydrogens is 251 g/mol. The van der Waals surface area contributed by atoms with Gasteiger partial charge in [-0.25, -0.2) is 4.79 Å². The number of amides is 1. The molecule has 0 aromatic rings. The minimum atomic E-state index is -4.44. The third-order valence-electron chi connectivity index (χ3n) is 2.94. The average Bonchev–Trinajstić information content (AvgIpc) is 2.71. The number of hydrogen-bond donors (Lipinski definition) is 0. The first-order valence-electron chi connectivity index (χ1n) is 5.80. The van der Waals surface area contributed by atoms with Gasteiger partial charge >= 0.3 is 12.3 Å². The van der Waals surface area contributed by atoms with E-state index < -0.39 is 36.1 Å². The second kappa shape index (κ2) is 4.01. The van der Waals surface area contributed by atoms with Crippen molar-refractivity contribution in [3.05, 3.63) is 0 Å². The van der Waals surface area contributed by atoms with E-state index in [1.165, 1.54) is 0 Å². The lowest BCUT2D eigenvalue weighted by Gasteiger charge is -2.35. The van der Waals surface area contributed by atoms with Gasteiger partial charge in [0.2, 0.25) is 0 Å². The molecule has 2 bridgehead atoms. The number of fused-ring (bicyclic) bond motifs is 2. The van der Waals surface area contributed by atoms with Gasteiger partial charge < -0.3 is 9.47 Å². The molecule has 0 N–H and O–H groups in total. The number of carbonyl (C=O) groups is 1. The summed E-state index contributed by atoms with van der Waals surface area (Å²) in [7, 11) is 0. The number of rotatable bonds is 0. The first-order valence-corrected chi connectivity index (χ1v) is 5.80. The maximum Gasteiger partial charge on any atom is 0.416 e. The monoisotopic (exact) mass is 267 g/mol. The number of nitrogens with zero attached hydrogens (tertiary/aromatic N) is 1. The van der Waals surface area contributed by atoms with Gasteiger partial charge in [-0.1, -0.05) is 0 Å². The van der Waals surface area contributed by atoms with E-state index in [2.05, 4.69) is 0 Å². The normalized spacial score (nSPS) is 31.9. The number of halogens is 3. The van der Waals surface area contributed by atoms with Crippen LogP contribution in [0.2, 0.25) is 0 Å². The maximum atomic E-state index is 12.7. The third kappa shape index (κ3) is 2.55. The molecule has 2 fully saturated rings. The zero-order chi connectivity index (χ0) is 13.7. The first-order chi connectivity index (χ1) is 8.08. The molecule has 0 radical (unpaired) electrons. The summed E-state index contributed by atoms with van der Waals surface area (Å²) in [4.78, 5) is 12.9. The molecule has 4 nitrogen and oxygen atoms in total. The molecule has 2 heterocycles. The van der Waals surface area contributed by atoms with Crippen molar-refractivity contribution in [2.75, 3.05) is 6.54 Å². The number of carbonyl (C=O) groups excluding carboxylic acids is 1. The van der Waals surface area contributed by atoms with Crippen LogP contribution in [0.4, 0.5) is 18.0 Å². The van der Waals surface area contributed by atoms with E-state index in [0.29, 0.717) is 0 Å². The molecule has 104 valence electrons. The molecule has 1 amide bonds. The van der Waals surface area contributed by atoms with Crippen LogP contribution in [0.25, 0.3) is 0 Å². The van der Waals surface area contributed by atoms with Crippen LogP contribution in [0.15, 0.2) is 0 Å². The summed E-state index contributed by atoms with van der Waals surface area (Å²) in [5.74, 6) is 0. The lowest BCUT2D eigenvalue weighted by molar-refractivity contribution is -0.236. The largest absolute Gasteiger partial charge is 0.444 e. The SMILES string of the molecule is CC(C)(C)OC(=O)N1C[C@@H]2C[C@H]1C(C(F)(F)F)O2. The standard InChI is InChI=1S/C11H16F3NO3/c1-10(2,3)18-9(16)15-5-6-4-7(15)8(17-6)11(12,13)14/h6-8H,4-5H2,1-3H3/t6-,7-,8?/m0/s1. The van der Waals surface area contributed by atoms with Gasteiger partial charge in [-0.05, 0) is 27.2 Å². The van der Waals surface area contributed by atoms with E-state index >= 15 is 0 Å². The van der Waals surface area contributed by atoms with E-state index in [4.69, 9.17) is 9.47 Å². The van der Waals surface area contributed by atoms with Crippen molar-refractivity contribution in [2.24, 2.45) is 0 Å². The Balaban J connectivity index is 2.06. The average molecular weight is 267 g/mol. The zero-order valence-electron chi connectivity index (χ0n) is 10.5. The summed E-state index contributed by atoms with van der Waals surface area (Å²) in [5, 5.41) is 0. The van der Waals surface area contributed by atoms with Gasteiger partial charge in [-0.3, -0.25) is 4.90 Å². The smallest absolute Gasteiger partial charge is 0.416 e. The number of hydrogen-bond acceptors (Lipinski definition) is 3. The molecule has 0 saturated carbocycles. The Bertz CT molecular complexity index is 350. The van der Waals surface area contributed by atoms with E-state index in [9.17, 15) is 18.0 Å². The van der Waals surface area contributed by atoms with Crippen molar-refractivity contribution >= 4 is 6.09 Å². The van der Waals surface area contributed by atoms with Gasteiger partial charge in [-0.2, -0.15) is 13.2 Å². The molecule has 0 spiro atoms. The van der Waals surface area contributed by atoms with E-state index in [0.717, 1.165) is 4.90 Å². The molecule has 0 aromatic carbocycles. The summed E-state index contributed by atoms with van der Waals surface area (Å²) >= 11 is 0. The highest BCUT2D eigenvalue weighted by molar-refractivity contribution is 5.69. The highest BCUT2D eigenvalue weighted by Gasteiger charge is 2.59. The summed E-state index contributed by atoms with van der Waals surface area (Å²) in [6, 6.07) is -0.954. The summed E-state index contributed by atoms with van der Waals surface area (Å²) in [5.41, 5.74) is -0.715. The quantitative estimate of drug-likeness (QED) is 0.676. The Hall–Kier alpha value is -0.980. The number of likely N-dealkylation sites (tertiary alicyclic amines) is 1. The van der Waals surface area contributed by atoms with Crippen molar-refractivity contribution < 1.29 is 27.4 Å². The van der Waals surface area contributed by atoms with Gasteiger partial charge in [0.15, 0.2) is 6.10 Å². The Morgan fingerprint density at radius 1 is 1.33 bits per heavy atom. The molecule has 0 aliphatic carbocycles. The van der Waals surface area contributed by atoms with Gasteiger partial charge in [-0.15, -0.1) is 0 Å². The molecule has 2 saturated heterocycles. The maximum absolute atomic E-state index is 12.7. The summed E-state index contributed by atoms with van der Waals surface area (Å²) in [6.45, 7) is 5.21. The highest BCUT2D eigenvalue weighted by atomic mass is 19.4. The molecule has 18 heavy (non-hydrogen) atoms. The third-order valence-corrected chi connectivity index (χ3v) is 2.94. The molecule has 7 heteroatoms. The second-order valence-corrected chi connectivity index (χ2v) is 5.66. The van der Waals surface area contributed by atoms with Crippen LogP contribution in [0.1, 0.15) is 27.2 Å². The summed E-state index contributed by atoms with van der Waals surface area (Å²) in [6.07, 6.45) is -7.34. The molecule has 2 aliphatic rings. The molecule has 2 aliphatic heterocycles. The van der Waals surface area contributed by atoms with Crippen LogP contribution in [-0.4, -0.2) is 47.6 Å². The van der Waals surface area contributed by atoms with Crippen LogP contribution in [0.5, 0.6) is 0 Å². The lowest BCUT2D eigenvalue weighted by Crippen LogP contribution is -2.53. The van der Waals surface area contributed by atoms with Crippen LogP contribution in [-0.2, 0) is 9.47 Å². The molecule has 3 atom stereocenters. The van der Waals surface area contributed by atoms with Crippen LogP contribution in [0, 0.1) is 0 Å². The fraction of sp³-hybridized carbons (Fsp3) is 0.909. The van der Waals surface area contributed by atoms with Crippen molar-refractivity contribution in [3.8, 4) is 0 Å². The topological polar surface area (TPSA) is 38.8 Å². The zero-order valence-corrected chi connectivity index (χ0v) is 10.5. The summed E-state index contributed by atoms with van der Waals surface area (Å²) < 4.78 is 48.0. The lowest BCUT2D eigenvalue weighted by atomic mass is 10.1. The number of alkyl halides is 3. The van der Waals surface area contributed by atoms with E-state index in [1.807, 2.05) is 0 Å². The molecule has 2 rings (SSSR count). The minimum Gasteiger partial charge on any atom is -0.444 e. The number of ether oxygens (including phenoxy) is 2. The van der Waals surface area contributed by atoms with Crippen molar-refractivity contribution in [1.82, 2.24) is 4.90 Å². The molecule has 1 unspecified atom stereocenters. The predicted octanol–water partition coefficient (Wildman–Crippen LogP) is 2.33. The van der Waals surface area contributed by atoms with Crippen LogP contribution < -0.4 is 0 Å². The number of morpholine rings is 1. The Labute approximate surface area is 103 Å². The predicted molar refractivity (Wildman–Crippen MR) is 56.1 cm³/mol. The van der Waals surface area contributed by atoms with Gasteiger partial charge in [0, 0.05) is 0 Å². The van der Waals surface area contributed by atoms with Crippen molar-refractivity contribution in [2.45, 2.75) is 57.2 Å². The van der Waals surface area contributed by atoms with Crippen LogP contribution >= 0.6 is 0 Å². The van der Waals surface area contributed by atoms with Crippen molar-refractivity contribution in [1.29, 1.82) is 0 Å². The Kier molecular flexibility index (Phi) is 3.00. The van der Waals surface area contributed by atoms with Gasteiger partial charge in [0.1, 0.15) is 5.60 Å². The second-order valence-electron chi connectivity index (χ2n) is 5.66. The Morgan fingerprint density at radius 3 is 2.39 bits per heavy atom. The van der Waals surface area contributed by atoms with Gasteiger partial charge in [0.05, 0.1) is 18.7 Å².